The van der Waals surface area contributed by atoms with E-state index in [1.807, 2.05) is 13.8 Å². The van der Waals surface area contributed by atoms with Crippen LogP contribution in [0.25, 0.3) is 0 Å². The van der Waals surface area contributed by atoms with Crippen LogP contribution in [0, 0.1) is 22.2 Å². The highest BCUT2D eigenvalue weighted by atomic mass is 16.2. The van der Waals surface area contributed by atoms with Gasteiger partial charge in [-0.3, -0.25) is 4.79 Å². The lowest BCUT2D eigenvalue weighted by Gasteiger charge is -2.64. The highest BCUT2D eigenvalue weighted by molar-refractivity contribution is 5.84. The fraction of sp³-hybridized carbons (Fsp3) is 0.941. The number of hydrogen-bond acceptors (Lipinski definition) is 2. The minimum absolute atomic E-state index is 0.116. The monoisotopic (exact) mass is 278 g/mol. The van der Waals surface area contributed by atoms with Gasteiger partial charge in [-0.2, -0.15) is 0 Å². The Morgan fingerprint density at radius 1 is 1.15 bits per heavy atom. The molecule has 0 aliphatic heterocycles. The van der Waals surface area contributed by atoms with E-state index >= 15 is 0 Å². The van der Waals surface area contributed by atoms with Crippen molar-refractivity contribution in [2.45, 2.75) is 71.8 Å². The summed E-state index contributed by atoms with van der Waals surface area (Å²) in [6, 6.07) is 0. The zero-order valence-corrected chi connectivity index (χ0v) is 13.5. The maximum atomic E-state index is 13.0. The number of hydrogen-bond donors (Lipinski definition) is 2. The van der Waals surface area contributed by atoms with Crippen LogP contribution in [-0.4, -0.2) is 18.0 Å². The summed E-state index contributed by atoms with van der Waals surface area (Å²) in [6.45, 7) is 9.36. The minimum atomic E-state index is -0.289. The fourth-order valence-corrected chi connectivity index (χ4v) is 6.19. The van der Waals surface area contributed by atoms with Crippen LogP contribution in [0.1, 0.15) is 66.2 Å². The second-order valence-electron chi connectivity index (χ2n) is 9.45. The third kappa shape index (κ3) is 2.18. The maximum absolute atomic E-state index is 13.0. The van der Waals surface area contributed by atoms with Crippen LogP contribution < -0.4 is 11.1 Å². The minimum Gasteiger partial charge on any atom is -0.349 e. The van der Waals surface area contributed by atoms with Crippen LogP contribution in [0.2, 0.25) is 0 Å². The topological polar surface area (TPSA) is 55.1 Å². The van der Waals surface area contributed by atoms with E-state index in [2.05, 4.69) is 19.2 Å². The zero-order valence-electron chi connectivity index (χ0n) is 13.5. The Kier molecular flexibility index (Phi) is 2.87. The Bertz CT molecular complexity index is 424. The average molecular weight is 278 g/mol. The van der Waals surface area contributed by atoms with Gasteiger partial charge in [0.05, 0.1) is 5.41 Å². The normalized spacial score (nSPS) is 46.5. The van der Waals surface area contributed by atoms with Crippen LogP contribution in [0.4, 0.5) is 0 Å². The molecule has 0 heterocycles. The lowest BCUT2D eigenvalue weighted by atomic mass is 9.40. The Balaban J connectivity index is 1.87. The van der Waals surface area contributed by atoms with Crippen LogP contribution in [0.15, 0.2) is 0 Å². The molecule has 4 rings (SSSR count). The first-order chi connectivity index (χ1) is 9.10. The molecule has 0 aromatic rings. The van der Waals surface area contributed by atoms with Crippen molar-refractivity contribution in [3.05, 3.63) is 0 Å². The van der Waals surface area contributed by atoms with Gasteiger partial charge in [0.2, 0.25) is 5.91 Å². The van der Waals surface area contributed by atoms with Crippen molar-refractivity contribution in [3.63, 3.8) is 0 Å². The van der Waals surface area contributed by atoms with Crippen molar-refractivity contribution in [2.75, 3.05) is 6.54 Å². The predicted molar refractivity (Wildman–Crippen MR) is 81.1 cm³/mol. The second kappa shape index (κ2) is 4.00. The van der Waals surface area contributed by atoms with Gasteiger partial charge in [-0.05, 0) is 69.1 Å². The molecule has 0 spiro atoms. The number of nitrogens with two attached hydrogens (primary N) is 1. The van der Waals surface area contributed by atoms with Crippen LogP contribution in [0.3, 0.4) is 0 Å². The summed E-state index contributed by atoms with van der Waals surface area (Å²) in [7, 11) is 0. The Labute approximate surface area is 123 Å². The zero-order chi connectivity index (χ0) is 14.8. The molecule has 3 heteroatoms. The summed E-state index contributed by atoms with van der Waals surface area (Å²) in [6.07, 6.45) is 7.24. The van der Waals surface area contributed by atoms with Crippen molar-refractivity contribution < 1.29 is 4.79 Å². The first kappa shape index (κ1) is 14.4. The predicted octanol–water partition coefficient (Wildman–Crippen LogP) is 2.84. The molecule has 0 radical (unpaired) electrons. The van der Waals surface area contributed by atoms with E-state index in [9.17, 15) is 4.79 Å². The second-order valence-corrected chi connectivity index (χ2v) is 9.45. The van der Waals surface area contributed by atoms with E-state index in [0.717, 1.165) is 25.2 Å². The largest absolute Gasteiger partial charge is 0.349 e. The highest BCUT2D eigenvalue weighted by Gasteiger charge is 2.62. The Morgan fingerprint density at radius 3 is 2.15 bits per heavy atom. The van der Waals surface area contributed by atoms with Crippen molar-refractivity contribution >= 4 is 5.91 Å². The van der Waals surface area contributed by atoms with Gasteiger partial charge in [0, 0.05) is 12.1 Å². The molecule has 20 heavy (non-hydrogen) atoms. The molecule has 4 bridgehead atoms. The van der Waals surface area contributed by atoms with E-state index < -0.39 is 0 Å². The molecule has 4 saturated carbocycles. The number of carbonyl (C=O) groups excluding carboxylic acids is 1. The molecule has 0 saturated heterocycles. The number of rotatable bonds is 3. The summed E-state index contributed by atoms with van der Waals surface area (Å²) in [5.41, 5.74) is 6.15. The molecular weight excluding hydrogens is 248 g/mol. The van der Waals surface area contributed by atoms with Crippen molar-refractivity contribution in [1.82, 2.24) is 5.32 Å². The van der Waals surface area contributed by atoms with Gasteiger partial charge in [0.25, 0.3) is 0 Å². The van der Waals surface area contributed by atoms with Gasteiger partial charge in [-0.1, -0.05) is 13.8 Å². The average Bonchev–Trinajstić information content (AvgIpc) is 2.23. The van der Waals surface area contributed by atoms with Gasteiger partial charge in [-0.25, -0.2) is 0 Å². The van der Waals surface area contributed by atoms with Crippen LogP contribution in [-0.2, 0) is 4.79 Å². The van der Waals surface area contributed by atoms with Gasteiger partial charge >= 0.3 is 0 Å². The van der Waals surface area contributed by atoms with E-state index in [-0.39, 0.29) is 16.9 Å². The lowest BCUT2D eigenvalue weighted by Crippen LogP contribution is -2.62. The Morgan fingerprint density at radius 2 is 1.70 bits per heavy atom. The summed E-state index contributed by atoms with van der Waals surface area (Å²) >= 11 is 0. The highest BCUT2D eigenvalue weighted by Crippen LogP contribution is 2.69. The van der Waals surface area contributed by atoms with E-state index in [0.29, 0.717) is 17.4 Å². The molecule has 0 aromatic carbocycles. The molecule has 3 nitrogen and oxygen atoms in total. The molecule has 4 fully saturated rings. The summed E-state index contributed by atoms with van der Waals surface area (Å²) in [5.74, 6) is 1.03. The van der Waals surface area contributed by atoms with E-state index in [1.54, 1.807) is 0 Å². The van der Waals surface area contributed by atoms with E-state index in [4.69, 9.17) is 5.73 Å². The number of carbonyl (C=O) groups is 1. The molecular formula is C17H30N2O. The fourth-order valence-electron chi connectivity index (χ4n) is 6.19. The molecule has 1 amide bonds. The summed E-state index contributed by atoms with van der Waals surface area (Å²) < 4.78 is 0. The van der Waals surface area contributed by atoms with Gasteiger partial charge in [0.15, 0.2) is 0 Å². The van der Waals surface area contributed by atoms with Crippen molar-refractivity contribution in [1.29, 1.82) is 0 Å². The van der Waals surface area contributed by atoms with E-state index in [1.165, 1.54) is 19.3 Å². The molecule has 4 aliphatic carbocycles. The third-order valence-electron chi connectivity index (χ3n) is 6.07. The van der Waals surface area contributed by atoms with Crippen LogP contribution in [0.5, 0.6) is 0 Å². The summed E-state index contributed by atoms with van der Waals surface area (Å²) in [5, 5.41) is 3.23. The summed E-state index contributed by atoms with van der Waals surface area (Å²) in [4.78, 5) is 13.0. The molecule has 0 aromatic heterocycles. The lowest BCUT2D eigenvalue weighted by molar-refractivity contribution is -0.171. The SMILES string of the molecule is CC12CC3CC(C)(C1)CC(C(=O)NC(C)(C)CN)(C3)C2. The van der Waals surface area contributed by atoms with Gasteiger partial charge in [0.1, 0.15) is 0 Å². The van der Waals surface area contributed by atoms with Crippen molar-refractivity contribution in [2.24, 2.45) is 27.9 Å². The maximum Gasteiger partial charge on any atom is 0.226 e. The standard InChI is InChI=1S/C17H30N2O/c1-14(2,11-18)19-13(20)17-7-12-5-15(3,9-17)8-16(4,6-12)10-17/h12H,5-11,18H2,1-4H3,(H,19,20). The third-order valence-corrected chi connectivity index (χ3v) is 6.07. The molecule has 2 atom stereocenters. The van der Waals surface area contributed by atoms with Gasteiger partial charge < -0.3 is 11.1 Å². The molecule has 114 valence electrons. The Hall–Kier alpha value is -0.570. The molecule has 3 N–H and O–H groups in total. The first-order valence-electron chi connectivity index (χ1n) is 8.12. The smallest absolute Gasteiger partial charge is 0.226 e. The molecule has 2 unspecified atom stereocenters. The van der Waals surface area contributed by atoms with Crippen LogP contribution >= 0.6 is 0 Å². The molecule has 4 aliphatic rings. The van der Waals surface area contributed by atoms with Crippen molar-refractivity contribution in [3.8, 4) is 0 Å². The number of nitrogens with one attached hydrogen (secondary N) is 1. The quantitative estimate of drug-likeness (QED) is 0.834. The first-order valence-corrected chi connectivity index (χ1v) is 8.12. The number of amides is 1. The van der Waals surface area contributed by atoms with Gasteiger partial charge in [-0.15, -0.1) is 0 Å².